The van der Waals surface area contributed by atoms with Crippen LogP contribution in [0.1, 0.15) is 13.8 Å². The van der Waals surface area contributed by atoms with Gasteiger partial charge in [0.1, 0.15) is 12.7 Å². The standard InChI is InChI=1S/C7H14O4/c1-4(2)6(10)7(11)5(9)3-8/h4,6-8,10-11H,3H2,1-2H3. The maximum Gasteiger partial charge on any atom is 0.189 e. The van der Waals surface area contributed by atoms with Crippen LogP contribution < -0.4 is 0 Å². The highest BCUT2D eigenvalue weighted by atomic mass is 16.3. The first-order valence-corrected chi connectivity index (χ1v) is 3.50. The van der Waals surface area contributed by atoms with Crippen LogP contribution in [0.3, 0.4) is 0 Å². The smallest absolute Gasteiger partial charge is 0.189 e. The number of rotatable bonds is 4. The summed E-state index contributed by atoms with van der Waals surface area (Å²) in [6.45, 7) is 2.63. The van der Waals surface area contributed by atoms with Gasteiger partial charge in [0.05, 0.1) is 6.10 Å². The lowest BCUT2D eigenvalue weighted by Gasteiger charge is -2.18. The minimum atomic E-state index is -1.46. The molecule has 3 N–H and O–H groups in total. The van der Waals surface area contributed by atoms with Gasteiger partial charge in [-0.1, -0.05) is 13.8 Å². The van der Waals surface area contributed by atoms with E-state index in [1.807, 2.05) is 0 Å². The van der Waals surface area contributed by atoms with Crippen LogP contribution >= 0.6 is 0 Å². The molecule has 0 aromatic rings. The van der Waals surface area contributed by atoms with Gasteiger partial charge in [0.25, 0.3) is 0 Å². The molecular formula is C7H14O4. The van der Waals surface area contributed by atoms with Crippen molar-refractivity contribution >= 4 is 5.78 Å². The SMILES string of the molecule is CC(C)C(O)C(O)C(=O)CO. The van der Waals surface area contributed by atoms with Gasteiger partial charge in [-0.3, -0.25) is 4.79 Å². The predicted octanol–water partition coefficient (Wildman–Crippen LogP) is -1.07. The highest BCUT2D eigenvalue weighted by molar-refractivity contribution is 5.84. The number of hydrogen-bond acceptors (Lipinski definition) is 4. The van der Waals surface area contributed by atoms with Crippen molar-refractivity contribution in [3.63, 3.8) is 0 Å². The van der Waals surface area contributed by atoms with E-state index in [9.17, 15) is 4.79 Å². The van der Waals surface area contributed by atoms with Crippen LogP contribution in [-0.2, 0) is 4.79 Å². The number of hydrogen-bond donors (Lipinski definition) is 3. The Morgan fingerprint density at radius 2 is 1.82 bits per heavy atom. The number of aliphatic hydroxyl groups excluding tert-OH is 3. The van der Waals surface area contributed by atoms with E-state index in [1.165, 1.54) is 0 Å². The molecule has 2 atom stereocenters. The molecule has 11 heavy (non-hydrogen) atoms. The van der Waals surface area contributed by atoms with E-state index >= 15 is 0 Å². The number of carbonyl (C=O) groups is 1. The van der Waals surface area contributed by atoms with E-state index in [-0.39, 0.29) is 5.92 Å². The van der Waals surface area contributed by atoms with Crippen molar-refractivity contribution in [3.8, 4) is 0 Å². The summed E-state index contributed by atoms with van der Waals surface area (Å²) in [5, 5.41) is 26.4. The molecule has 0 aliphatic rings. The largest absolute Gasteiger partial charge is 0.390 e. The molecule has 0 heterocycles. The summed E-state index contributed by atoms with van der Waals surface area (Å²) in [6, 6.07) is 0. The molecule has 66 valence electrons. The van der Waals surface area contributed by atoms with Gasteiger partial charge >= 0.3 is 0 Å². The number of Topliss-reactive ketones (excluding diaryl/α,β-unsaturated/α-hetero) is 1. The second-order valence-corrected chi connectivity index (χ2v) is 2.80. The molecule has 0 radical (unpaired) electrons. The van der Waals surface area contributed by atoms with E-state index in [4.69, 9.17) is 15.3 Å². The maximum atomic E-state index is 10.6. The second-order valence-electron chi connectivity index (χ2n) is 2.80. The zero-order chi connectivity index (χ0) is 9.02. The first-order valence-electron chi connectivity index (χ1n) is 3.50. The Balaban J connectivity index is 4.01. The summed E-state index contributed by atoms with van der Waals surface area (Å²) in [5.74, 6) is -0.938. The van der Waals surface area contributed by atoms with Crippen molar-refractivity contribution in [3.05, 3.63) is 0 Å². The quantitative estimate of drug-likeness (QED) is 0.491. The molecule has 4 nitrogen and oxygen atoms in total. The summed E-state index contributed by atoms with van der Waals surface area (Å²) >= 11 is 0. The predicted molar refractivity (Wildman–Crippen MR) is 38.9 cm³/mol. The zero-order valence-corrected chi connectivity index (χ0v) is 6.69. The second kappa shape index (κ2) is 4.43. The molecule has 0 spiro atoms. The van der Waals surface area contributed by atoms with E-state index in [1.54, 1.807) is 13.8 Å². The fourth-order valence-corrected chi connectivity index (χ4v) is 0.649. The van der Waals surface area contributed by atoms with Crippen LogP contribution in [0.4, 0.5) is 0 Å². The van der Waals surface area contributed by atoms with Gasteiger partial charge in [-0.15, -0.1) is 0 Å². The lowest BCUT2D eigenvalue weighted by atomic mass is 9.99. The average Bonchev–Trinajstić information content (AvgIpc) is 2.00. The van der Waals surface area contributed by atoms with Crippen LogP contribution in [0.25, 0.3) is 0 Å². The number of ketones is 1. The highest BCUT2D eigenvalue weighted by Crippen LogP contribution is 2.06. The fraction of sp³-hybridized carbons (Fsp3) is 0.857. The lowest BCUT2D eigenvalue weighted by molar-refractivity contribution is -0.137. The molecule has 0 saturated carbocycles. The molecule has 2 unspecified atom stereocenters. The van der Waals surface area contributed by atoms with Crippen molar-refractivity contribution in [1.82, 2.24) is 0 Å². The Kier molecular flexibility index (Phi) is 4.25. The Morgan fingerprint density at radius 3 is 2.09 bits per heavy atom. The Bertz CT molecular complexity index is 132. The molecule has 0 aromatic carbocycles. The Labute approximate surface area is 65.5 Å². The minimum Gasteiger partial charge on any atom is -0.390 e. The van der Waals surface area contributed by atoms with Gasteiger partial charge in [0.15, 0.2) is 5.78 Å². The van der Waals surface area contributed by atoms with Crippen molar-refractivity contribution in [2.45, 2.75) is 26.1 Å². The molecule has 0 bridgehead atoms. The Morgan fingerprint density at radius 1 is 1.36 bits per heavy atom. The third-order valence-electron chi connectivity index (χ3n) is 1.49. The average molecular weight is 162 g/mol. The summed E-state index contributed by atoms with van der Waals surface area (Å²) < 4.78 is 0. The lowest BCUT2D eigenvalue weighted by Crippen LogP contribution is -2.38. The normalized spacial score (nSPS) is 16.5. The van der Waals surface area contributed by atoms with Crippen LogP contribution in [0.5, 0.6) is 0 Å². The first-order chi connectivity index (χ1) is 5.00. The van der Waals surface area contributed by atoms with E-state index in [2.05, 4.69) is 0 Å². The van der Waals surface area contributed by atoms with Gasteiger partial charge in [-0.2, -0.15) is 0 Å². The monoisotopic (exact) mass is 162 g/mol. The van der Waals surface area contributed by atoms with Crippen molar-refractivity contribution in [2.75, 3.05) is 6.61 Å². The number of aliphatic hydroxyl groups is 3. The van der Waals surface area contributed by atoms with E-state index in [0.717, 1.165) is 0 Å². The van der Waals surface area contributed by atoms with Crippen molar-refractivity contribution in [1.29, 1.82) is 0 Å². The van der Waals surface area contributed by atoms with Gasteiger partial charge in [-0.25, -0.2) is 0 Å². The summed E-state index contributed by atoms with van der Waals surface area (Å²) in [7, 11) is 0. The van der Waals surface area contributed by atoms with Gasteiger partial charge in [-0.05, 0) is 5.92 Å². The third kappa shape index (κ3) is 2.96. The molecule has 0 amide bonds. The summed E-state index contributed by atoms with van der Waals surface area (Å²) in [5.41, 5.74) is 0. The molecule has 0 saturated heterocycles. The molecule has 0 rings (SSSR count). The highest BCUT2D eigenvalue weighted by Gasteiger charge is 2.25. The molecule has 0 aromatic heterocycles. The molecule has 0 aliphatic carbocycles. The van der Waals surface area contributed by atoms with Crippen LogP contribution in [0.2, 0.25) is 0 Å². The molecule has 0 aliphatic heterocycles. The number of carbonyl (C=O) groups excluding carboxylic acids is 1. The minimum absolute atomic E-state index is 0.194. The molecule has 0 fully saturated rings. The van der Waals surface area contributed by atoms with Gasteiger partial charge in [0, 0.05) is 0 Å². The first kappa shape index (κ1) is 10.6. The van der Waals surface area contributed by atoms with E-state index < -0.39 is 24.6 Å². The van der Waals surface area contributed by atoms with Gasteiger partial charge in [0.2, 0.25) is 0 Å². The fourth-order valence-electron chi connectivity index (χ4n) is 0.649. The van der Waals surface area contributed by atoms with Crippen molar-refractivity contribution in [2.24, 2.45) is 5.92 Å². The third-order valence-corrected chi connectivity index (χ3v) is 1.49. The summed E-state index contributed by atoms with van der Waals surface area (Å²) in [6.07, 6.45) is -2.55. The molecular weight excluding hydrogens is 148 g/mol. The van der Waals surface area contributed by atoms with Crippen LogP contribution in [0.15, 0.2) is 0 Å². The maximum absolute atomic E-state index is 10.6. The van der Waals surface area contributed by atoms with Gasteiger partial charge < -0.3 is 15.3 Å². The van der Waals surface area contributed by atoms with Crippen LogP contribution in [-0.4, -0.2) is 39.9 Å². The summed E-state index contributed by atoms with van der Waals surface area (Å²) in [4.78, 5) is 10.6. The topological polar surface area (TPSA) is 77.8 Å². The molecule has 4 heteroatoms. The zero-order valence-electron chi connectivity index (χ0n) is 6.69. The van der Waals surface area contributed by atoms with E-state index in [0.29, 0.717) is 0 Å². The Hall–Kier alpha value is -0.450. The van der Waals surface area contributed by atoms with Crippen molar-refractivity contribution < 1.29 is 20.1 Å². The van der Waals surface area contributed by atoms with Crippen LogP contribution in [0, 0.1) is 5.92 Å².